The largest absolute Gasteiger partial charge is 0.760 e. The first-order chi connectivity index (χ1) is 14.5. The fraction of sp³-hybridized carbons (Fsp3) is 0.136. The van der Waals surface area contributed by atoms with Crippen molar-refractivity contribution in [3.05, 3.63) is 88.5 Å². The van der Waals surface area contributed by atoms with Crippen molar-refractivity contribution in [3.8, 4) is 16.9 Å². The van der Waals surface area contributed by atoms with Crippen molar-refractivity contribution >= 4 is 22.2 Å². The lowest BCUT2D eigenvalue weighted by Gasteiger charge is -2.16. The maximum atomic E-state index is 12.4. The number of pyridine rings is 1. The van der Waals surface area contributed by atoms with Crippen LogP contribution in [0, 0.1) is 0 Å². The number of H-pyrrole nitrogens is 1. The molecule has 0 aliphatic carbocycles. The van der Waals surface area contributed by atoms with Gasteiger partial charge in [0.05, 0.1) is 0 Å². The summed E-state index contributed by atoms with van der Waals surface area (Å²) in [4.78, 5) is 15.4. The minimum Gasteiger partial charge on any atom is -0.760 e. The number of fused-ring (bicyclic) bond motifs is 1. The number of aryl methyl sites for hydroxylation is 1. The molecule has 1 unspecified atom stereocenters. The van der Waals surface area contributed by atoms with Crippen LogP contribution in [0.15, 0.2) is 71.8 Å². The predicted molar refractivity (Wildman–Crippen MR) is 116 cm³/mol. The van der Waals surface area contributed by atoms with Crippen LogP contribution in [0.4, 0.5) is 0 Å². The number of nitrogens with zero attached hydrogens (tertiary/aromatic N) is 1. The van der Waals surface area contributed by atoms with Crippen LogP contribution in [0.5, 0.6) is 5.75 Å². The summed E-state index contributed by atoms with van der Waals surface area (Å²) in [6.45, 7) is 0.544. The molecule has 8 heteroatoms. The summed E-state index contributed by atoms with van der Waals surface area (Å²) in [5.41, 5.74) is 3.80. The van der Waals surface area contributed by atoms with Crippen molar-refractivity contribution in [2.75, 3.05) is 0 Å². The van der Waals surface area contributed by atoms with Crippen molar-refractivity contribution in [2.24, 2.45) is 7.05 Å². The van der Waals surface area contributed by atoms with Gasteiger partial charge in [0, 0.05) is 53.8 Å². The average Bonchev–Trinajstić information content (AvgIpc) is 3.24. The predicted octanol–water partition coefficient (Wildman–Crippen LogP) is 3.00. The molecular formula is C22H20N3O4S-. The van der Waals surface area contributed by atoms with E-state index in [1.165, 1.54) is 4.57 Å². The average molecular weight is 422 g/mol. The summed E-state index contributed by atoms with van der Waals surface area (Å²) in [7, 11) is 1.70. The van der Waals surface area contributed by atoms with Gasteiger partial charge in [-0.15, -0.1) is 0 Å². The SMILES string of the molecule is Cn1cc(-c2cc(CNS(=O)[O-])ccc2OCc2ccccc2)c2cc[nH]c2c1=O. The fourth-order valence-electron chi connectivity index (χ4n) is 3.38. The molecule has 0 aliphatic rings. The third-order valence-electron chi connectivity index (χ3n) is 4.86. The maximum Gasteiger partial charge on any atom is 0.274 e. The van der Waals surface area contributed by atoms with Crippen molar-refractivity contribution in [1.82, 2.24) is 14.3 Å². The van der Waals surface area contributed by atoms with Crippen molar-refractivity contribution in [1.29, 1.82) is 0 Å². The smallest absolute Gasteiger partial charge is 0.274 e. The number of aromatic nitrogens is 2. The fourth-order valence-corrected chi connectivity index (χ4v) is 3.67. The molecule has 2 aromatic carbocycles. The summed E-state index contributed by atoms with van der Waals surface area (Å²) in [6.07, 6.45) is 3.50. The molecule has 0 fully saturated rings. The van der Waals surface area contributed by atoms with Gasteiger partial charge in [-0.05, 0) is 29.3 Å². The summed E-state index contributed by atoms with van der Waals surface area (Å²) >= 11 is -2.36. The van der Waals surface area contributed by atoms with E-state index in [9.17, 15) is 13.6 Å². The molecule has 0 radical (unpaired) electrons. The molecule has 2 aromatic heterocycles. The van der Waals surface area contributed by atoms with Crippen LogP contribution in [-0.2, 0) is 31.5 Å². The third kappa shape index (κ3) is 4.20. The topological polar surface area (TPSA) is 99.2 Å². The van der Waals surface area contributed by atoms with E-state index >= 15 is 0 Å². The molecule has 0 saturated carbocycles. The third-order valence-corrected chi connectivity index (χ3v) is 5.24. The second kappa shape index (κ2) is 8.66. The number of ether oxygens (including phenoxy) is 1. The van der Waals surface area contributed by atoms with Crippen molar-refractivity contribution < 1.29 is 13.5 Å². The molecule has 0 spiro atoms. The van der Waals surface area contributed by atoms with Gasteiger partial charge in [0.2, 0.25) is 0 Å². The van der Waals surface area contributed by atoms with E-state index in [0.29, 0.717) is 17.9 Å². The van der Waals surface area contributed by atoms with Crippen LogP contribution < -0.4 is 15.0 Å². The summed E-state index contributed by atoms with van der Waals surface area (Å²) < 4.78 is 31.8. The second-order valence-corrected chi connectivity index (χ2v) is 7.64. The zero-order valence-corrected chi connectivity index (χ0v) is 17.1. The van der Waals surface area contributed by atoms with Gasteiger partial charge in [-0.2, -0.15) is 0 Å². The molecule has 0 amide bonds. The first-order valence-corrected chi connectivity index (χ1v) is 10.4. The molecule has 7 nitrogen and oxygen atoms in total. The molecule has 0 saturated heterocycles. The van der Waals surface area contributed by atoms with Gasteiger partial charge in [0.15, 0.2) is 0 Å². The van der Waals surface area contributed by atoms with E-state index in [2.05, 4.69) is 9.71 Å². The highest BCUT2D eigenvalue weighted by atomic mass is 32.2. The molecule has 2 heterocycles. The normalized spacial score (nSPS) is 12.2. The van der Waals surface area contributed by atoms with Crippen LogP contribution >= 0.6 is 0 Å². The van der Waals surface area contributed by atoms with Crippen LogP contribution in [-0.4, -0.2) is 18.3 Å². The Bertz CT molecular complexity index is 1260. The van der Waals surface area contributed by atoms with E-state index in [1.807, 2.05) is 54.6 Å². The van der Waals surface area contributed by atoms with Gasteiger partial charge in [0.25, 0.3) is 5.56 Å². The standard InChI is InChI=1S/C22H21N3O4S/c1-25-13-19(17-9-10-23-21(17)22(25)26)18-11-16(12-24-30(27)28)7-8-20(18)29-14-15-5-3-2-4-6-15/h2-11,13,23-24H,12,14H2,1H3,(H,27,28)/p-1. The van der Waals surface area contributed by atoms with Gasteiger partial charge in [-0.1, -0.05) is 36.4 Å². The highest BCUT2D eigenvalue weighted by Gasteiger charge is 2.15. The van der Waals surface area contributed by atoms with Gasteiger partial charge in [-0.3, -0.25) is 9.00 Å². The Morgan fingerprint density at radius 3 is 2.67 bits per heavy atom. The minimum atomic E-state index is -2.36. The molecule has 0 bridgehead atoms. The highest BCUT2D eigenvalue weighted by molar-refractivity contribution is 7.77. The van der Waals surface area contributed by atoms with Gasteiger partial charge in [-0.25, -0.2) is 4.72 Å². The van der Waals surface area contributed by atoms with Gasteiger partial charge >= 0.3 is 0 Å². The molecule has 154 valence electrons. The zero-order valence-electron chi connectivity index (χ0n) is 16.3. The molecule has 30 heavy (non-hydrogen) atoms. The van der Waals surface area contributed by atoms with E-state index in [1.54, 1.807) is 19.4 Å². The number of aromatic amines is 1. The zero-order chi connectivity index (χ0) is 21.1. The highest BCUT2D eigenvalue weighted by Crippen LogP contribution is 2.35. The Kier molecular flexibility index (Phi) is 5.80. The number of hydrogen-bond donors (Lipinski definition) is 2. The van der Waals surface area contributed by atoms with Crippen LogP contribution in [0.25, 0.3) is 22.0 Å². The van der Waals surface area contributed by atoms with E-state index in [0.717, 1.165) is 27.6 Å². The van der Waals surface area contributed by atoms with Gasteiger partial charge < -0.3 is 18.8 Å². The van der Waals surface area contributed by atoms with Crippen LogP contribution in [0.3, 0.4) is 0 Å². The Labute approximate surface area is 175 Å². The molecule has 2 N–H and O–H groups in total. The molecule has 4 aromatic rings. The lowest BCUT2D eigenvalue weighted by molar-refractivity contribution is 0.307. The van der Waals surface area contributed by atoms with Crippen molar-refractivity contribution in [2.45, 2.75) is 13.2 Å². The van der Waals surface area contributed by atoms with Crippen molar-refractivity contribution in [3.63, 3.8) is 0 Å². The first-order valence-electron chi connectivity index (χ1n) is 9.32. The lowest BCUT2D eigenvalue weighted by Crippen LogP contribution is -2.17. The van der Waals surface area contributed by atoms with E-state index in [-0.39, 0.29) is 12.1 Å². The van der Waals surface area contributed by atoms with Gasteiger partial charge in [0.1, 0.15) is 17.9 Å². The Hall–Kier alpha value is -3.20. The monoisotopic (exact) mass is 422 g/mol. The molecule has 1 atom stereocenters. The molecule has 4 rings (SSSR count). The number of benzene rings is 2. The Morgan fingerprint density at radius 1 is 1.10 bits per heavy atom. The number of rotatable bonds is 7. The maximum absolute atomic E-state index is 12.4. The molecule has 0 aliphatic heterocycles. The Morgan fingerprint density at radius 2 is 1.90 bits per heavy atom. The quantitative estimate of drug-likeness (QED) is 0.447. The summed E-state index contributed by atoms with van der Waals surface area (Å²) in [5, 5.41) is 0.778. The Balaban J connectivity index is 1.80. The lowest BCUT2D eigenvalue weighted by atomic mass is 10.0. The van der Waals surface area contributed by atoms with E-state index in [4.69, 9.17) is 4.74 Å². The summed E-state index contributed by atoms with van der Waals surface area (Å²) in [6, 6.07) is 17.2. The van der Waals surface area contributed by atoms with Crippen LogP contribution in [0.2, 0.25) is 0 Å². The summed E-state index contributed by atoms with van der Waals surface area (Å²) in [5.74, 6) is 0.645. The number of nitrogens with one attached hydrogen (secondary N) is 2. The minimum absolute atomic E-state index is 0.120. The second-order valence-electron chi connectivity index (χ2n) is 6.89. The number of hydrogen-bond acceptors (Lipinski definition) is 4. The first kappa shape index (κ1) is 20.1. The van der Waals surface area contributed by atoms with Crippen LogP contribution in [0.1, 0.15) is 11.1 Å². The molecular weight excluding hydrogens is 402 g/mol. The van der Waals surface area contributed by atoms with E-state index < -0.39 is 11.3 Å².